The molecule has 1 unspecified atom stereocenters. The minimum Gasteiger partial charge on any atom is -0.458 e. The van der Waals surface area contributed by atoms with Crippen LogP contribution in [-0.4, -0.2) is 125 Å². The van der Waals surface area contributed by atoms with E-state index < -0.39 is 144 Å². The molecule has 1 atom stereocenters. The van der Waals surface area contributed by atoms with Crippen LogP contribution in [0.4, 0.5) is 140 Å². The molecule has 372 valence electrons. The summed E-state index contributed by atoms with van der Waals surface area (Å²) in [5.74, 6) is -124. The van der Waals surface area contributed by atoms with Gasteiger partial charge in [0.25, 0.3) is 0 Å². The Bertz CT molecular complexity index is 1680. The number of carbonyl (C=O) groups excluding carboxylic acids is 2. The van der Waals surface area contributed by atoms with E-state index >= 15 is 0 Å². The lowest BCUT2D eigenvalue weighted by Gasteiger charge is -2.42. The molecule has 0 amide bonds. The number of hydrogen-bond acceptors (Lipinski definition) is 8. The maximum atomic E-state index is 14.0. The second-order valence-corrected chi connectivity index (χ2v) is 12.0. The number of hydrogen-bond donors (Lipinski definition) is 1. The molecule has 0 radical (unpaired) electrons. The number of alkyl halides is 32. The van der Waals surface area contributed by atoms with Crippen molar-refractivity contribution in [2.45, 2.75) is 107 Å². The van der Waals surface area contributed by atoms with Gasteiger partial charge in [-0.2, -0.15) is 123 Å². The van der Waals surface area contributed by atoms with Gasteiger partial charge in [-0.3, -0.25) is 9.59 Å². The second-order valence-electron chi connectivity index (χ2n) is 11.1. The first-order valence-electron chi connectivity index (χ1n) is 13.7. The summed E-state index contributed by atoms with van der Waals surface area (Å²) in [7, 11) is 0. The number of ether oxygens (including phenoxy) is 2. The Kier molecular flexibility index (Phi) is 16.7. The maximum Gasteiger partial charge on any atom is 0.390 e. The van der Waals surface area contributed by atoms with Gasteiger partial charge >= 0.3 is 108 Å². The third kappa shape index (κ3) is 9.32. The fraction of sp³-hybridized carbons (Fsp3) is 0.826. The number of rotatable bonds is 22. The first-order chi connectivity index (χ1) is 27.3. The zero-order valence-electron chi connectivity index (χ0n) is 27.5. The SMILES string of the molecule is O=C(CC(SOOO)C(=O)OCC(F)(F)C(F)(F)C(F)(F)C(F)(F)C(F)(F)C(F)(F)C(F)(F)C(F)F)OC#CC(F)(F)C(F)(F)C(F)(F)C(F)(F)C(F)(F)C(F)(F)C(F)(F)C(F)F. The molecule has 0 heterocycles. The second kappa shape index (κ2) is 17.7. The highest BCUT2D eigenvalue weighted by Gasteiger charge is 2.95. The molecule has 7 nitrogen and oxygen atoms in total. The Morgan fingerprint density at radius 1 is 0.492 bits per heavy atom. The molecule has 0 rings (SSSR count). The van der Waals surface area contributed by atoms with Gasteiger partial charge in [0.1, 0.15) is 11.4 Å². The minimum atomic E-state index is -8.94. The zero-order chi connectivity index (χ0) is 51.3. The number of esters is 2. The van der Waals surface area contributed by atoms with Crippen molar-refractivity contribution in [3.05, 3.63) is 0 Å². The summed E-state index contributed by atoms with van der Waals surface area (Å²) in [5, 5.41) is 7.40. The summed E-state index contributed by atoms with van der Waals surface area (Å²) in [4.78, 5) is 23.6. The van der Waals surface area contributed by atoms with Crippen molar-refractivity contribution in [1.29, 1.82) is 0 Å². The number of carbonyl (C=O) groups is 2. The van der Waals surface area contributed by atoms with E-state index in [0.29, 0.717) is 0 Å². The Morgan fingerprint density at radius 2 is 0.810 bits per heavy atom. The molecule has 0 fully saturated rings. The fourth-order valence-electron chi connectivity index (χ4n) is 3.29. The van der Waals surface area contributed by atoms with Crippen molar-refractivity contribution in [3.63, 3.8) is 0 Å². The average molecular weight is 1040 g/mol. The van der Waals surface area contributed by atoms with E-state index in [1.807, 2.05) is 0 Å². The average Bonchev–Trinajstić information content (AvgIpc) is 3.10. The molecule has 0 aliphatic heterocycles. The Labute approximate surface area is 325 Å². The first kappa shape index (κ1) is 59.5. The molecular weight excluding hydrogens is 1030 g/mol. The lowest BCUT2D eigenvalue weighted by atomic mass is 9.89. The molecule has 0 aliphatic rings. The van der Waals surface area contributed by atoms with Crippen LogP contribution in [0.1, 0.15) is 6.42 Å². The fourth-order valence-corrected chi connectivity index (χ4v) is 3.77. The van der Waals surface area contributed by atoms with E-state index in [0.717, 1.165) is 0 Å². The van der Waals surface area contributed by atoms with Gasteiger partial charge in [0, 0.05) is 5.92 Å². The Balaban J connectivity index is 6.54. The van der Waals surface area contributed by atoms with Crippen molar-refractivity contribution in [2.24, 2.45) is 0 Å². The van der Waals surface area contributed by atoms with Crippen LogP contribution in [0, 0.1) is 12.0 Å². The van der Waals surface area contributed by atoms with Gasteiger partial charge in [0.05, 0.1) is 18.5 Å². The van der Waals surface area contributed by atoms with E-state index in [-0.39, 0.29) is 6.11 Å². The molecule has 0 aliphatic carbocycles. The van der Waals surface area contributed by atoms with Gasteiger partial charge in [-0.1, -0.05) is 5.04 Å². The molecule has 0 bridgehead atoms. The van der Waals surface area contributed by atoms with E-state index in [1.165, 1.54) is 0 Å². The topological polar surface area (TPSA) is 91.3 Å². The highest BCUT2D eigenvalue weighted by atomic mass is 32.2. The van der Waals surface area contributed by atoms with Crippen molar-refractivity contribution >= 4 is 24.0 Å². The van der Waals surface area contributed by atoms with Crippen LogP contribution in [0.5, 0.6) is 0 Å². The van der Waals surface area contributed by atoms with E-state index in [2.05, 4.69) is 18.8 Å². The van der Waals surface area contributed by atoms with Crippen LogP contribution in [0.2, 0.25) is 0 Å². The van der Waals surface area contributed by atoms with Gasteiger partial charge in [0.2, 0.25) is 0 Å². The molecule has 63 heavy (non-hydrogen) atoms. The van der Waals surface area contributed by atoms with Crippen LogP contribution in [0.15, 0.2) is 0 Å². The van der Waals surface area contributed by atoms with Gasteiger partial charge in [0.15, 0.2) is 6.61 Å². The summed E-state index contributed by atoms with van der Waals surface area (Å²) in [6.45, 7) is -4.00. The van der Waals surface area contributed by atoms with Crippen LogP contribution in [0.25, 0.3) is 0 Å². The third-order valence-electron chi connectivity index (χ3n) is 6.96. The lowest BCUT2D eigenvalue weighted by molar-refractivity contribution is -0.447. The predicted molar refractivity (Wildman–Crippen MR) is 127 cm³/mol. The molecule has 0 aromatic heterocycles. The normalized spacial score (nSPS) is 15.9. The van der Waals surface area contributed by atoms with E-state index in [1.54, 1.807) is 0 Å². The van der Waals surface area contributed by atoms with Gasteiger partial charge in [-0.25, -0.2) is 22.8 Å². The quantitative estimate of drug-likeness (QED) is 0.0286. The molecule has 1 N–H and O–H groups in total. The van der Waals surface area contributed by atoms with Gasteiger partial charge in [-0.05, 0) is 0 Å². The molecular formula is C23H8F32O7S. The summed E-state index contributed by atoms with van der Waals surface area (Å²) in [6.07, 6.45) is -15.0. The van der Waals surface area contributed by atoms with Crippen molar-refractivity contribution in [3.8, 4) is 12.0 Å². The Hall–Kier alpha value is -3.51. The highest BCUT2D eigenvalue weighted by molar-refractivity contribution is 7.95. The summed E-state index contributed by atoms with van der Waals surface area (Å²) in [5.41, 5.74) is 0. The smallest absolute Gasteiger partial charge is 0.390 e. The summed E-state index contributed by atoms with van der Waals surface area (Å²) >= 11 is -1.20. The lowest BCUT2D eigenvalue weighted by Crippen LogP contribution is -2.74. The van der Waals surface area contributed by atoms with Crippen LogP contribution >= 0.6 is 12.0 Å². The van der Waals surface area contributed by atoms with Crippen molar-refractivity contribution in [1.82, 2.24) is 0 Å². The van der Waals surface area contributed by atoms with Crippen LogP contribution in [-0.2, 0) is 28.4 Å². The molecule has 0 saturated carbocycles. The largest absolute Gasteiger partial charge is 0.458 e. The minimum absolute atomic E-state index is 0.214. The molecule has 40 heteroatoms. The standard InChI is InChI=1S/C23H8F32O7S/c24-8(25)12(32,33)16(40,41)20(48,49)22(52,53)18(44,45)14(36,37)10(28,29)1-2-59-6(56)3-5(63-62-61-58)7(57)60-4-11(30,31)15(38,39)19(46,47)23(54,55)21(50,51)17(42,43)13(34,35)9(26)27/h5,8-9,58H,3-4H2. The van der Waals surface area contributed by atoms with E-state index in [4.69, 9.17) is 5.26 Å². The van der Waals surface area contributed by atoms with Gasteiger partial charge in [-0.15, -0.1) is 4.33 Å². The highest BCUT2D eigenvalue weighted by Crippen LogP contribution is 2.64. The Morgan fingerprint density at radius 3 is 1.14 bits per heavy atom. The van der Waals surface area contributed by atoms with E-state index in [9.17, 15) is 150 Å². The van der Waals surface area contributed by atoms with Crippen molar-refractivity contribution in [2.75, 3.05) is 6.61 Å². The zero-order valence-corrected chi connectivity index (χ0v) is 28.4. The maximum absolute atomic E-state index is 14.0. The first-order valence-corrected chi connectivity index (χ1v) is 14.5. The van der Waals surface area contributed by atoms with Crippen LogP contribution in [0.3, 0.4) is 0 Å². The molecule has 0 saturated heterocycles. The predicted octanol–water partition coefficient (Wildman–Crippen LogP) is 10.3. The molecule has 0 spiro atoms. The summed E-state index contributed by atoms with van der Waals surface area (Å²) in [6, 6.07) is 0. The van der Waals surface area contributed by atoms with Crippen molar-refractivity contribution < 1.29 is 174 Å². The molecule has 0 aromatic carbocycles. The number of halogens is 32. The summed E-state index contributed by atoms with van der Waals surface area (Å²) < 4.78 is 438. The monoisotopic (exact) mass is 1040 g/mol. The van der Waals surface area contributed by atoms with Crippen LogP contribution < -0.4 is 0 Å². The molecule has 0 aromatic rings. The third-order valence-corrected chi connectivity index (χ3v) is 7.69. The van der Waals surface area contributed by atoms with Gasteiger partial charge < -0.3 is 9.47 Å².